The van der Waals surface area contributed by atoms with Crippen molar-refractivity contribution in [2.45, 2.75) is 32.6 Å². The van der Waals surface area contributed by atoms with E-state index < -0.39 is 6.43 Å². The van der Waals surface area contributed by atoms with Gasteiger partial charge in [-0.3, -0.25) is 0 Å². The Bertz CT molecular complexity index is 366. The van der Waals surface area contributed by atoms with Gasteiger partial charge in [0, 0.05) is 6.42 Å². The van der Waals surface area contributed by atoms with E-state index in [0.717, 1.165) is 11.1 Å². The first-order valence-corrected chi connectivity index (χ1v) is 4.98. The van der Waals surface area contributed by atoms with Crippen LogP contribution in [0.5, 0.6) is 0 Å². The molecule has 0 aliphatic rings. The van der Waals surface area contributed by atoms with E-state index >= 15 is 0 Å². The second-order valence-corrected chi connectivity index (χ2v) is 3.34. The predicted molar refractivity (Wildman–Crippen MR) is 54.9 cm³/mol. The van der Waals surface area contributed by atoms with Crippen LogP contribution < -0.4 is 0 Å². The van der Waals surface area contributed by atoms with Gasteiger partial charge in [0.15, 0.2) is 0 Å². The molecular weight excluding hydrogens is 196 g/mol. The SMILES string of the molecule is CCc1c(C#N)cccc1CCC(F)F. The summed E-state index contributed by atoms with van der Waals surface area (Å²) in [6.45, 7) is 1.93. The minimum absolute atomic E-state index is 0.137. The van der Waals surface area contributed by atoms with Gasteiger partial charge < -0.3 is 0 Å². The number of aryl methyl sites for hydroxylation is 1. The lowest BCUT2D eigenvalue weighted by Crippen LogP contribution is -2.00. The molecule has 0 fully saturated rings. The molecule has 3 heteroatoms. The first-order valence-electron chi connectivity index (χ1n) is 4.98. The van der Waals surface area contributed by atoms with Gasteiger partial charge in [-0.2, -0.15) is 5.26 Å². The van der Waals surface area contributed by atoms with Crippen LogP contribution in [-0.2, 0) is 12.8 Å². The quantitative estimate of drug-likeness (QED) is 0.746. The van der Waals surface area contributed by atoms with Gasteiger partial charge in [-0.15, -0.1) is 0 Å². The molecule has 0 heterocycles. The molecule has 1 nitrogen and oxygen atoms in total. The molecule has 1 aromatic carbocycles. The Hall–Kier alpha value is -1.43. The van der Waals surface area contributed by atoms with Crippen LogP contribution in [0.2, 0.25) is 0 Å². The lowest BCUT2D eigenvalue weighted by atomic mass is 9.96. The fourth-order valence-corrected chi connectivity index (χ4v) is 1.66. The molecule has 1 rings (SSSR count). The zero-order chi connectivity index (χ0) is 11.3. The van der Waals surface area contributed by atoms with Gasteiger partial charge in [0.25, 0.3) is 0 Å². The first-order chi connectivity index (χ1) is 7.19. The Morgan fingerprint density at radius 3 is 2.67 bits per heavy atom. The van der Waals surface area contributed by atoms with E-state index in [4.69, 9.17) is 5.26 Å². The zero-order valence-electron chi connectivity index (χ0n) is 8.63. The zero-order valence-corrected chi connectivity index (χ0v) is 8.63. The molecule has 0 aliphatic heterocycles. The normalized spacial score (nSPS) is 10.3. The molecule has 0 N–H and O–H groups in total. The minimum atomic E-state index is -2.28. The Kier molecular flexibility index (Phi) is 4.23. The van der Waals surface area contributed by atoms with Gasteiger partial charge in [0.05, 0.1) is 11.6 Å². The molecule has 0 spiro atoms. The summed E-state index contributed by atoms with van der Waals surface area (Å²) in [6.07, 6.45) is -1.36. The Morgan fingerprint density at radius 2 is 2.13 bits per heavy atom. The van der Waals surface area contributed by atoms with E-state index in [1.165, 1.54) is 0 Å². The van der Waals surface area contributed by atoms with Crippen molar-refractivity contribution >= 4 is 0 Å². The van der Waals surface area contributed by atoms with Crippen molar-refractivity contribution in [1.29, 1.82) is 5.26 Å². The third kappa shape index (κ3) is 3.02. The van der Waals surface area contributed by atoms with Crippen LogP contribution in [0.15, 0.2) is 18.2 Å². The van der Waals surface area contributed by atoms with Gasteiger partial charge in [0.2, 0.25) is 6.43 Å². The highest BCUT2D eigenvalue weighted by molar-refractivity contribution is 5.42. The van der Waals surface area contributed by atoms with Crippen LogP contribution in [0.4, 0.5) is 8.78 Å². The molecule has 0 radical (unpaired) electrons. The molecule has 0 atom stereocenters. The third-order valence-corrected chi connectivity index (χ3v) is 2.38. The molecule has 15 heavy (non-hydrogen) atoms. The van der Waals surface area contributed by atoms with E-state index in [1.807, 2.05) is 13.0 Å². The lowest BCUT2D eigenvalue weighted by molar-refractivity contribution is 0.138. The molecule has 0 bridgehead atoms. The Labute approximate surface area is 88.3 Å². The summed E-state index contributed by atoms with van der Waals surface area (Å²) in [5, 5.41) is 8.85. The smallest absolute Gasteiger partial charge is 0.211 e. The largest absolute Gasteiger partial charge is 0.239 e. The van der Waals surface area contributed by atoms with Crippen molar-refractivity contribution < 1.29 is 8.78 Å². The molecule has 0 aliphatic carbocycles. The van der Waals surface area contributed by atoms with Crippen LogP contribution in [0.3, 0.4) is 0 Å². The van der Waals surface area contributed by atoms with Crippen molar-refractivity contribution in [2.24, 2.45) is 0 Å². The predicted octanol–water partition coefficient (Wildman–Crippen LogP) is 3.32. The molecule has 80 valence electrons. The van der Waals surface area contributed by atoms with Crippen LogP contribution in [0.25, 0.3) is 0 Å². The van der Waals surface area contributed by atoms with Crippen LogP contribution in [0, 0.1) is 11.3 Å². The van der Waals surface area contributed by atoms with Crippen molar-refractivity contribution in [3.8, 4) is 6.07 Å². The Balaban J connectivity index is 2.92. The number of hydrogen-bond donors (Lipinski definition) is 0. The molecule has 0 saturated heterocycles. The van der Waals surface area contributed by atoms with Crippen molar-refractivity contribution in [3.05, 3.63) is 34.9 Å². The summed E-state index contributed by atoms with van der Waals surface area (Å²) in [6, 6.07) is 7.38. The van der Waals surface area contributed by atoms with Crippen molar-refractivity contribution in [3.63, 3.8) is 0 Å². The minimum Gasteiger partial charge on any atom is -0.211 e. The summed E-state index contributed by atoms with van der Waals surface area (Å²) >= 11 is 0. The third-order valence-electron chi connectivity index (χ3n) is 2.38. The highest BCUT2D eigenvalue weighted by Crippen LogP contribution is 2.18. The number of nitriles is 1. The summed E-state index contributed by atoms with van der Waals surface area (Å²) in [5.74, 6) is 0. The molecule has 0 saturated carbocycles. The molecule has 0 aromatic heterocycles. The standard InChI is InChI=1S/C12H13F2N/c1-2-11-9(6-7-12(13)14)4-3-5-10(11)8-15/h3-5,12H,2,6-7H2,1H3. The maximum absolute atomic E-state index is 12.1. The van der Waals surface area contributed by atoms with Gasteiger partial charge in [-0.25, -0.2) is 8.78 Å². The fourth-order valence-electron chi connectivity index (χ4n) is 1.66. The molecule has 0 amide bonds. The number of benzene rings is 1. The van der Waals surface area contributed by atoms with Gasteiger partial charge >= 0.3 is 0 Å². The number of alkyl halides is 2. The van der Waals surface area contributed by atoms with Gasteiger partial charge in [0.1, 0.15) is 0 Å². The topological polar surface area (TPSA) is 23.8 Å². The summed E-state index contributed by atoms with van der Waals surface area (Å²) in [4.78, 5) is 0. The van der Waals surface area contributed by atoms with Crippen LogP contribution in [0.1, 0.15) is 30.0 Å². The number of nitrogens with zero attached hydrogens (tertiary/aromatic N) is 1. The van der Waals surface area contributed by atoms with Crippen LogP contribution >= 0.6 is 0 Å². The highest BCUT2D eigenvalue weighted by Gasteiger charge is 2.09. The maximum Gasteiger partial charge on any atom is 0.239 e. The maximum atomic E-state index is 12.1. The number of halogens is 2. The average Bonchev–Trinajstić information content (AvgIpc) is 2.25. The Morgan fingerprint density at radius 1 is 1.40 bits per heavy atom. The van der Waals surface area contributed by atoms with E-state index in [-0.39, 0.29) is 6.42 Å². The summed E-state index contributed by atoms with van der Waals surface area (Å²) < 4.78 is 24.1. The fraction of sp³-hybridized carbons (Fsp3) is 0.417. The van der Waals surface area contributed by atoms with E-state index in [1.54, 1.807) is 12.1 Å². The van der Waals surface area contributed by atoms with E-state index in [0.29, 0.717) is 18.4 Å². The first kappa shape index (κ1) is 11.6. The van der Waals surface area contributed by atoms with E-state index in [9.17, 15) is 8.78 Å². The highest BCUT2D eigenvalue weighted by atomic mass is 19.3. The second kappa shape index (κ2) is 5.45. The molecule has 1 aromatic rings. The number of hydrogen-bond acceptors (Lipinski definition) is 1. The average molecular weight is 209 g/mol. The van der Waals surface area contributed by atoms with Crippen molar-refractivity contribution in [1.82, 2.24) is 0 Å². The second-order valence-electron chi connectivity index (χ2n) is 3.34. The molecular formula is C12H13F2N. The summed E-state index contributed by atoms with van der Waals surface area (Å²) in [7, 11) is 0. The number of rotatable bonds is 4. The lowest BCUT2D eigenvalue weighted by Gasteiger charge is -2.08. The van der Waals surface area contributed by atoms with Gasteiger partial charge in [-0.1, -0.05) is 19.1 Å². The summed E-state index contributed by atoms with van der Waals surface area (Å²) in [5.41, 5.74) is 2.38. The van der Waals surface area contributed by atoms with Crippen LogP contribution in [-0.4, -0.2) is 6.43 Å². The molecule has 0 unspecified atom stereocenters. The van der Waals surface area contributed by atoms with E-state index in [2.05, 4.69) is 6.07 Å². The van der Waals surface area contributed by atoms with Crippen molar-refractivity contribution in [2.75, 3.05) is 0 Å². The van der Waals surface area contributed by atoms with Gasteiger partial charge in [-0.05, 0) is 30.0 Å². The monoisotopic (exact) mass is 209 g/mol.